The molecule has 1 saturated heterocycles. The summed E-state index contributed by atoms with van der Waals surface area (Å²) in [7, 11) is 1.55. The molecule has 0 spiro atoms. The van der Waals surface area contributed by atoms with Crippen molar-refractivity contribution in [3.63, 3.8) is 0 Å². The minimum atomic E-state index is -0.313. The molecule has 0 unspecified atom stereocenters. The lowest BCUT2D eigenvalue weighted by Crippen LogP contribution is -2.40. The highest BCUT2D eigenvalue weighted by atomic mass is 32.1. The summed E-state index contributed by atoms with van der Waals surface area (Å²) < 4.78 is 18.8. The number of benzene rings is 2. The summed E-state index contributed by atoms with van der Waals surface area (Å²) in [6.45, 7) is 2.21. The zero-order chi connectivity index (χ0) is 20.9. The van der Waals surface area contributed by atoms with Crippen molar-refractivity contribution in [2.45, 2.75) is 19.4 Å². The van der Waals surface area contributed by atoms with Gasteiger partial charge in [0.25, 0.3) is 0 Å². The molecule has 1 fully saturated rings. The van der Waals surface area contributed by atoms with Crippen molar-refractivity contribution in [2.24, 2.45) is 5.92 Å². The smallest absolute Gasteiger partial charge is 0.228 e. The summed E-state index contributed by atoms with van der Waals surface area (Å²) in [5.41, 5.74) is 5.50. The molecule has 1 aliphatic heterocycles. The summed E-state index contributed by atoms with van der Waals surface area (Å²) >= 11 is 1.56. The molecule has 4 rings (SSSR count). The second-order valence-electron chi connectivity index (χ2n) is 7.47. The first-order valence-corrected chi connectivity index (χ1v) is 10.9. The van der Waals surface area contributed by atoms with Crippen molar-refractivity contribution in [1.82, 2.24) is 9.88 Å². The number of hydrogen-bond acceptors (Lipinski definition) is 5. The number of amides is 1. The Balaban J connectivity index is 1.36. The number of anilines is 1. The normalized spacial score (nSPS) is 16.9. The molecule has 1 atom stereocenters. The quantitative estimate of drug-likeness (QED) is 0.616. The Bertz CT molecular complexity index is 992. The van der Waals surface area contributed by atoms with Crippen LogP contribution in [0.25, 0.3) is 11.3 Å². The maximum Gasteiger partial charge on any atom is 0.228 e. The Morgan fingerprint density at radius 1 is 1.30 bits per heavy atom. The van der Waals surface area contributed by atoms with E-state index in [0.717, 1.165) is 41.9 Å². The van der Waals surface area contributed by atoms with Crippen LogP contribution in [0.1, 0.15) is 18.4 Å². The molecule has 2 heterocycles. The lowest BCUT2D eigenvalue weighted by molar-refractivity contribution is -0.121. The Kier molecular flexibility index (Phi) is 6.40. The third-order valence-electron chi connectivity index (χ3n) is 5.40. The van der Waals surface area contributed by atoms with Gasteiger partial charge < -0.3 is 10.1 Å². The van der Waals surface area contributed by atoms with Gasteiger partial charge in [0.2, 0.25) is 5.91 Å². The van der Waals surface area contributed by atoms with Crippen molar-refractivity contribution in [3.8, 4) is 17.0 Å². The maximum absolute atomic E-state index is 13.4. The minimum Gasteiger partial charge on any atom is -0.496 e. The van der Waals surface area contributed by atoms with E-state index < -0.39 is 0 Å². The van der Waals surface area contributed by atoms with Crippen LogP contribution < -0.4 is 10.1 Å². The van der Waals surface area contributed by atoms with Crippen molar-refractivity contribution in [2.75, 3.05) is 25.5 Å². The number of aromatic nitrogens is 1. The number of rotatable bonds is 6. The Morgan fingerprint density at radius 3 is 2.87 bits per heavy atom. The van der Waals surface area contributed by atoms with Gasteiger partial charge in [-0.25, -0.2) is 9.37 Å². The number of hydrogen-bond donors (Lipinski definition) is 1. The molecule has 2 aromatic carbocycles. The molecule has 0 radical (unpaired) electrons. The van der Waals surface area contributed by atoms with Gasteiger partial charge in [-0.2, -0.15) is 0 Å². The maximum atomic E-state index is 13.4. The van der Waals surface area contributed by atoms with E-state index in [1.807, 2.05) is 29.6 Å². The van der Waals surface area contributed by atoms with E-state index >= 15 is 0 Å². The molecular formula is C23H24FN3O2S. The first-order valence-electron chi connectivity index (χ1n) is 9.96. The fraction of sp³-hybridized carbons (Fsp3) is 0.304. The third kappa shape index (κ3) is 4.86. The average molecular weight is 426 g/mol. The molecule has 3 aromatic rings. The molecular weight excluding hydrogens is 401 g/mol. The lowest BCUT2D eigenvalue weighted by atomic mass is 9.96. The van der Waals surface area contributed by atoms with Gasteiger partial charge in [0.15, 0.2) is 0 Å². The number of methoxy groups -OCH3 is 1. The highest BCUT2D eigenvalue weighted by Crippen LogP contribution is 2.26. The topological polar surface area (TPSA) is 54.5 Å². The number of ether oxygens (including phenoxy) is 1. The molecule has 5 nitrogen and oxygen atoms in total. The van der Waals surface area contributed by atoms with Crippen LogP contribution in [0.5, 0.6) is 5.75 Å². The molecule has 0 bridgehead atoms. The van der Waals surface area contributed by atoms with Gasteiger partial charge in [0, 0.05) is 41.4 Å². The molecule has 30 heavy (non-hydrogen) atoms. The van der Waals surface area contributed by atoms with Crippen molar-refractivity contribution in [3.05, 3.63) is 64.7 Å². The minimum absolute atomic E-state index is 0.0344. The van der Waals surface area contributed by atoms with Gasteiger partial charge in [0.05, 0.1) is 24.2 Å². The standard InChI is InChI=1S/C23H24FN3O2S/c1-29-22-11-19(24)7-4-17(22)12-27-10-2-3-18(13-27)23(28)26-20-8-5-16(6-9-20)21-14-30-15-25-21/h4-9,11,14-15,18H,2-3,10,12-13H2,1H3,(H,26,28)/t18-/m0/s1. The first-order chi connectivity index (χ1) is 14.6. The Hall–Kier alpha value is -2.77. The van der Waals surface area contributed by atoms with Crippen molar-refractivity contribution >= 4 is 22.9 Å². The summed E-state index contributed by atoms with van der Waals surface area (Å²) in [5.74, 6) is 0.185. The zero-order valence-electron chi connectivity index (χ0n) is 16.8. The number of nitrogens with one attached hydrogen (secondary N) is 1. The fourth-order valence-corrected chi connectivity index (χ4v) is 4.39. The number of likely N-dealkylation sites (tertiary alicyclic amines) is 1. The second kappa shape index (κ2) is 9.36. The predicted octanol–water partition coefficient (Wildman–Crippen LogP) is 4.81. The zero-order valence-corrected chi connectivity index (χ0v) is 17.6. The summed E-state index contributed by atoms with van der Waals surface area (Å²) in [6, 6.07) is 12.4. The monoisotopic (exact) mass is 425 g/mol. The van der Waals surface area contributed by atoms with Crippen molar-refractivity contribution in [1.29, 1.82) is 0 Å². The average Bonchev–Trinajstić information content (AvgIpc) is 3.30. The molecule has 7 heteroatoms. The van der Waals surface area contributed by atoms with Gasteiger partial charge in [-0.15, -0.1) is 11.3 Å². The van der Waals surface area contributed by atoms with E-state index in [1.165, 1.54) is 12.1 Å². The highest BCUT2D eigenvalue weighted by molar-refractivity contribution is 7.07. The molecule has 156 valence electrons. The van der Waals surface area contributed by atoms with Gasteiger partial charge in [-0.3, -0.25) is 9.69 Å². The van der Waals surface area contributed by atoms with Gasteiger partial charge in [0.1, 0.15) is 11.6 Å². The largest absolute Gasteiger partial charge is 0.496 e. The van der Waals surface area contributed by atoms with Gasteiger partial charge in [-0.1, -0.05) is 18.2 Å². The van der Waals surface area contributed by atoms with Crippen LogP contribution in [0, 0.1) is 11.7 Å². The molecule has 1 N–H and O–H groups in total. The summed E-state index contributed by atoms with van der Waals surface area (Å²) in [6.07, 6.45) is 1.81. The number of nitrogens with zero attached hydrogens (tertiary/aromatic N) is 2. The molecule has 0 aliphatic carbocycles. The van der Waals surface area contributed by atoms with E-state index in [2.05, 4.69) is 15.2 Å². The van der Waals surface area contributed by atoms with Crippen LogP contribution in [0.15, 0.2) is 53.4 Å². The van der Waals surface area contributed by atoms with Crippen LogP contribution >= 0.6 is 11.3 Å². The van der Waals surface area contributed by atoms with Crippen LogP contribution in [-0.2, 0) is 11.3 Å². The van der Waals surface area contributed by atoms with Crippen LogP contribution in [0.2, 0.25) is 0 Å². The predicted molar refractivity (Wildman–Crippen MR) is 117 cm³/mol. The lowest BCUT2D eigenvalue weighted by Gasteiger charge is -2.32. The Labute approximate surface area is 179 Å². The molecule has 1 amide bonds. The van der Waals surface area contributed by atoms with Gasteiger partial charge >= 0.3 is 0 Å². The van der Waals surface area contributed by atoms with E-state index in [4.69, 9.17) is 4.74 Å². The summed E-state index contributed by atoms with van der Waals surface area (Å²) in [5, 5.41) is 5.04. The highest BCUT2D eigenvalue weighted by Gasteiger charge is 2.26. The molecule has 1 aromatic heterocycles. The number of thiazole rings is 1. The van der Waals surface area contributed by atoms with Crippen LogP contribution in [0.3, 0.4) is 0 Å². The fourth-order valence-electron chi connectivity index (χ4n) is 3.83. The second-order valence-corrected chi connectivity index (χ2v) is 8.19. The van der Waals surface area contributed by atoms with Crippen LogP contribution in [-0.4, -0.2) is 36.0 Å². The summed E-state index contributed by atoms with van der Waals surface area (Å²) in [4.78, 5) is 19.4. The SMILES string of the molecule is COc1cc(F)ccc1CN1CCC[C@H](C(=O)Nc2ccc(-c3cscn3)cc2)C1. The number of carbonyl (C=O) groups is 1. The van der Waals surface area contributed by atoms with E-state index in [0.29, 0.717) is 18.8 Å². The van der Waals surface area contributed by atoms with Gasteiger partial charge in [-0.05, 0) is 37.6 Å². The number of halogens is 1. The molecule has 1 aliphatic rings. The molecule has 0 saturated carbocycles. The third-order valence-corrected chi connectivity index (χ3v) is 5.99. The van der Waals surface area contributed by atoms with Crippen LogP contribution in [0.4, 0.5) is 10.1 Å². The van der Waals surface area contributed by atoms with Crippen molar-refractivity contribution < 1.29 is 13.9 Å². The Morgan fingerprint density at radius 2 is 2.13 bits per heavy atom. The van der Waals surface area contributed by atoms with E-state index in [9.17, 15) is 9.18 Å². The van der Waals surface area contributed by atoms with E-state index in [-0.39, 0.29) is 17.6 Å². The first kappa shape index (κ1) is 20.5. The number of carbonyl (C=O) groups excluding carboxylic acids is 1. The number of piperidine rings is 1. The van der Waals surface area contributed by atoms with E-state index in [1.54, 1.807) is 30.0 Å².